The minimum absolute atomic E-state index is 0.0262. The highest BCUT2D eigenvalue weighted by atomic mass is 79.9. The van der Waals surface area contributed by atoms with E-state index in [2.05, 4.69) is 31.8 Å². The zero-order valence-electron chi connectivity index (χ0n) is 15.9. The molecule has 0 fully saturated rings. The summed E-state index contributed by atoms with van der Waals surface area (Å²) in [5.41, 5.74) is 4.82. The van der Waals surface area contributed by atoms with E-state index >= 15 is 0 Å². The van der Waals surface area contributed by atoms with Crippen LogP contribution in [0.3, 0.4) is 0 Å². The first kappa shape index (κ1) is 21.4. The SMILES string of the molecule is COc1cc(OC)c(/C=N/NC(=O)CCC(=O)Nc2cccc(C)c2)cc1Br. The van der Waals surface area contributed by atoms with Crippen molar-refractivity contribution in [3.8, 4) is 11.5 Å². The number of hydrazone groups is 1. The number of carbonyl (C=O) groups excluding carboxylic acids is 2. The maximum absolute atomic E-state index is 11.9. The number of amides is 2. The molecule has 0 heterocycles. The third kappa shape index (κ3) is 6.38. The molecule has 2 amide bonds. The van der Waals surface area contributed by atoms with E-state index in [1.165, 1.54) is 13.3 Å². The number of anilines is 1. The van der Waals surface area contributed by atoms with Gasteiger partial charge >= 0.3 is 0 Å². The smallest absolute Gasteiger partial charge is 0.240 e. The van der Waals surface area contributed by atoms with Crippen molar-refractivity contribution in [1.29, 1.82) is 0 Å². The minimum atomic E-state index is -0.359. The number of halogens is 1. The van der Waals surface area contributed by atoms with Crippen LogP contribution in [-0.2, 0) is 9.59 Å². The number of methoxy groups -OCH3 is 2. The molecule has 2 aromatic rings. The Morgan fingerprint density at radius 3 is 2.46 bits per heavy atom. The first-order chi connectivity index (χ1) is 13.4. The van der Waals surface area contributed by atoms with E-state index in [1.54, 1.807) is 25.3 Å². The molecule has 0 spiro atoms. The van der Waals surface area contributed by atoms with Crippen LogP contribution in [0.5, 0.6) is 11.5 Å². The average Bonchev–Trinajstić information content (AvgIpc) is 2.66. The molecular formula is C20H22BrN3O4. The normalized spacial score (nSPS) is 10.6. The summed E-state index contributed by atoms with van der Waals surface area (Å²) in [6, 6.07) is 10.9. The molecule has 0 aliphatic heterocycles. The molecule has 28 heavy (non-hydrogen) atoms. The Balaban J connectivity index is 1.85. The molecule has 7 nitrogen and oxygen atoms in total. The van der Waals surface area contributed by atoms with Crippen LogP contribution in [0.4, 0.5) is 5.69 Å². The fraction of sp³-hybridized carbons (Fsp3) is 0.250. The van der Waals surface area contributed by atoms with Gasteiger partial charge in [-0.3, -0.25) is 9.59 Å². The largest absolute Gasteiger partial charge is 0.496 e. The van der Waals surface area contributed by atoms with Crippen LogP contribution in [0.15, 0.2) is 46.0 Å². The summed E-state index contributed by atoms with van der Waals surface area (Å²) >= 11 is 3.39. The summed E-state index contributed by atoms with van der Waals surface area (Å²) in [7, 11) is 3.09. The topological polar surface area (TPSA) is 89.0 Å². The van der Waals surface area contributed by atoms with Gasteiger partial charge in [0, 0.05) is 30.2 Å². The van der Waals surface area contributed by atoms with Crippen molar-refractivity contribution in [3.63, 3.8) is 0 Å². The predicted octanol–water partition coefficient (Wildman–Crippen LogP) is 3.64. The lowest BCUT2D eigenvalue weighted by molar-refractivity contribution is -0.124. The number of rotatable bonds is 8. The molecule has 0 saturated heterocycles. The van der Waals surface area contributed by atoms with E-state index in [0.29, 0.717) is 22.7 Å². The quantitative estimate of drug-likeness (QED) is 0.477. The van der Waals surface area contributed by atoms with Gasteiger partial charge in [0.1, 0.15) is 11.5 Å². The second-order valence-corrected chi connectivity index (χ2v) is 6.79. The van der Waals surface area contributed by atoms with Gasteiger partial charge in [-0.2, -0.15) is 5.10 Å². The Bertz CT molecular complexity index is 884. The molecular weight excluding hydrogens is 426 g/mol. The van der Waals surface area contributed by atoms with E-state index in [0.717, 1.165) is 10.0 Å². The molecule has 2 N–H and O–H groups in total. The Morgan fingerprint density at radius 1 is 1.07 bits per heavy atom. The van der Waals surface area contributed by atoms with Crippen LogP contribution in [0.2, 0.25) is 0 Å². The van der Waals surface area contributed by atoms with Crippen molar-refractivity contribution in [2.75, 3.05) is 19.5 Å². The lowest BCUT2D eigenvalue weighted by Gasteiger charge is -2.09. The van der Waals surface area contributed by atoms with Crippen molar-refractivity contribution >= 4 is 39.6 Å². The van der Waals surface area contributed by atoms with Crippen LogP contribution < -0.4 is 20.2 Å². The number of ether oxygens (including phenoxy) is 2. The average molecular weight is 448 g/mol. The fourth-order valence-electron chi connectivity index (χ4n) is 2.39. The van der Waals surface area contributed by atoms with E-state index in [9.17, 15) is 9.59 Å². The summed E-state index contributed by atoms with van der Waals surface area (Å²) in [6.07, 6.45) is 1.55. The molecule has 8 heteroatoms. The summed E-state index contributed by atoms with van der Waals surface area (Å²) in [6.45, 7) is 1.94. The second-order valence-electron chi connectivity index (χ2n) is 5.94. The number of nitrogens with one attached hydrogen (secondary N) is 2. The van der Waals surface area contributed by atoms with Crippen molar-refractivity contribution in [1.82, 2.24) is 5.43 Å². The van der Waals surface area contributed by atoms with Gasteiger partial charge in [-0.1, -0.05) is 12.1 Å². The van der Waals surface area contributed by atoms with E-state index in [1.807, 2.05) is 25.1 Å². The lowest BCUT2D eigenvalue weighted by atomic mass is 10.2. The molecule has 0 aliphatic carbocycles. The fourth-order valence-corrected chi connectivity index (χ4v) is 2.91. The van der Waals surface area contributed by atoms with Crippen LogP contribution in [0.1, 0.15) is 24.0 Å². The Morgan fingerprint density at radius 2 is 1.79 bits per heavy atom. The zero-order valence-corrected chi connectivity index (χ0v) is 17.5. The van der Waals surface area contributed by atoms with Crippen molar-refractivity contribution in [2.24, 2.45) is 5.10 Å². The van der Waals surface area contributed by atoms with Gasteiger partial charge in [0.25, 0.3) is 0 Å². The predicted molar refractivity (Wildman–Crippen MR) is 112 cm³/mol. The number of aryl methyl sites for hydroxylation is 1. The van der Waals surface area contributed by atoms with Crippen LogP contribution in [0.25, 0.3) is 0 Å². The highest BCUT2D eigenvalue weighted by molar-refractivity contribution is 9.10. The Kier molecular flexibility index (Phi) is 8.01. The molecule has 0 bridgehead atoms. The molecule has 0 aliphatic rings. The summed E-state index contributed by atoms with van der Waals surface area (Å²) in [5.74, 6) is 0.584. The molecule has 2 rings (SSSR count). The van der Waals surface area contributed by atoms with E-state index in [-0.39, 0.29) is 24.7 Å². The molecule has 148 valence electrons. The number of carbonyl (C=O) groups is 2. The number of nitrogens with zero attached hydrogens (tertiary/aromatic N) is 1. The summed E-state index contributed by atoms with van der Waals surface area (Å²) in [5, 5.41) is 6.68. The maximum atomic E-state index is 11.9. The Labute approximate surface area is 172 Å². The summed E-state index contributed by atoms with van der Waals surface area (Å²) < 4.78 is 11.2. The van der Waals surface area contributed by atoms with Crippen molar-refractivity contribution in [2.45, 2.75) is 19.8 Å². The summed E-state index contributed by atoms with van der Waals surface area (Å²) in [4.78, 5) is 23.8. The van der Waals surface area contributed by atoms with Crippen LogP contribution in [0, 0.1) is 6.92 Å². The number of hydrogen-bond donors (Lipinski definition) is 2. The second kappa shape index (κ2) is 10.5. The molecule has 2 aromatic carbocycles. The van der Waals surface area contributed by atoms with Gasteiger partial charge in [-0.15, -0.1) is 0 Å². The van der Waals surface area contributed by atoms with Crippen LogP contribution >= 0.6 is 15.9 Å². The van der Waals surface area contributed by atoms with Crippen molar-refractivity contribution < 1.29 is 19.1 Å². The first-order valence-electron chi connectivity index (χ1n) is 8.53. The van der Waals surface area contributed by atoms with Gasteiger partial charge in [0.2, 0.25) is 11.8 Å². The highest BCUT2D eigenvalue weighted by Crippen LogP contribution is 2.31. The Hall–Kier alpha value is -2.87. The van der Waals surface area contributed by atoms with Gasteiger partial charge in [0.05, 0.1) is 24.9 Å². The van der Waals surface area contributed by atoms with Gasteiger partial charge in [-0.05, 0) is 46.6 Å². The zero-order chi connectivity index (χ0) is 20.5. The molecule has 0 aromatic heterocycles. The minimum Gasteiger partial charge on any atom is -0.496 e. The highest BCUT2D eigenvalue weighted by Gasteiger charge is 2.09. The van der Waals surface area contributed by atoms with Gasteiger partial charge < -0.3 is 14.8 Å². The third-order valence-electron chi connectivity index (χ3n) is 3.78. The van der Waals surface area contributed by atoms with E-state index < -0.39 is 0 Å². The van der Waals surface area contributed by atoms with Crippen LogP contribution in [-0.4, -0.2) is 32.2 Å². The standard InChI is InChI=1S/C20H22BrN3O4/c1-13-5-4-6-15(9-13)23-19(25)7-8-20(26)24-22-12-14-10-16(21)18(28-3)11-17(14)27-2/h4-6,9-12H,7-8H2,1-3H3,(H,23,25)(H,24,26)/b22-12+. The monoisotopic (exact) mass is 447 g/mol. The maximum Gasteiger partial charge on any atom is 0.240 e. The van der Waals surface area contributed by atoms with Gasteiger partial charge in [0.15, 0.2) is 0 Å². The lowest BCUT2D eigenvalue weighted by Crippen LogP contribution is -2.20. The molecule has 0 atom stereocenters. The van der Waals surface area contributed by atoms with Crippen molar-refractivity contribution in [3.05, 3.63) is 52.0 Å². The molecule has 0 radical (unpaired) electrons. The first-order valence-corrected chi connectivity index (χ1v) is 9.32. The van der Waals surface area contributed by atoms with Gasteiger partial charge in [-0.25, -0.2) is 5.43 Å². The number of hydrogen-bond acceptors (Lipinski definition) is 5. The number of benzene rings is 2. The van der Waals surface area contributed by atoms with E-state index in [4.69, 9.17) is 9.47 Å². The third-order valence-corrected chi connectivity index (χ3v) is 4.40. The molecule has 0 saturated carbocycles. The molecule has 0 unspecified atom stereocenters.